The summed E-state index contributed by atoms with van der Waals surface area (Å²) in [6, 6.07) is 9.95. The van der Waals surface area contributed by atoms with Crippen LogP contribution in [0, 0.1) is 11.2 Å². The number of benzene rings is 1. The molecule has 0 saturated heterocycles. The molecule has 1 unspecified atom stereocenters. The minimum absolute atomic E-state index is 0. The normalized spacial score (nSPS) is 14.4. The van der Waals surface area contributed by atoms with Crippen molar-refractivity contribution < 1.29 is 19.1 Å². The van der Waals surface area contributed by atoms with Crippen molar-refractivity contribution in [3.05, 3.63) is 65.2 Å². The van der Waals surface area contributed by atoms with E-state index in [1.54, 1.807) is 37.9 Å². The van der Waals surface area contributed by atoms with E-state index in [4.69, 9.17) is 0 Å². The summed E-state index contributed by atoms with van der Waals surface area (Å²) < 4.78 is 15.9. The molecule has 7 nitrogen and oxygen atoms in total. The van der Waals surface area contributed by atoms with Gasteiger partial charge in [-0.15, -0.1) is 0 Å². The third kappa shape index (κ3) is 4.97. The number of aliphatic carboxylic acids is 1. The van der Waals surface area contributed by atoms with Gasteiger partial charge >= 0.3 is 5.97 Å². The molecule has 3 heterocycles. The Hall–Kier alpha value is -3.26. The number of hydrogen-bond donors (Lipinski definition) is 2. The van der Waals surface area contributed by atoms with Crippen LogP contribution in [0.25, 0.3) is 11.0 Å². The molecule has 1 aliphatic rings. The first-order valence-electron chi connectivity index (χ1n) is 11.1. The van der Waals surface area contributed by atoms with E-state index in [1.165, 1.54) is 17.7 Å². The molecule has 182 valence electrons. The number of pyridine rings is 1. The summed E-state index contributed by atoms with van der Waals surface area (Å²) in [6.07, 6.45) is 2.45. The summed E-state index contributed by atoms with van der Waals surface area (Å²) in [5, 5.41) is 13.5. The smallest absolute Gasteiger partial charge is 0.310 e. The fraction of sp³-hybridized carbons (Fsp3) is 0.423. The van der Waals surface area contributed by atoms with Crippen molar-refractivity contribution in [2.45, 2.75) is 53.8 Å². The second-order valence-electron chi connectivity index (χ2n) is 9.32. The molecule has 0 spiro atoms. The number of amides is 1. The molecule has 3 aromatic rings. The van der Waals surface area contributed by atoms with Gasteiger partial charge in [-0.3, -0.25) is 9.59 Å². The van der Waals surface area contributed by atoms with Crippen molar-refractivity contribution in [3.8, 4) is 0 Å². The largest absolute Gasteiger partial charge is 0.481 e. The van der Waals surface area contributed by atoms with Gasteiger partial charge in [-0.1, -0.05) is 19.6 Å². The fourth-order valence-electron chi connectivity index (χ4n) is 4.28. The molecule has 0 bridgehead atoms. The van der Waals surface area contributed by atoms with E-state index in [-0.39, 0.29) is 25.7 Å². The molecule has 4 rings (SSSR count). The Balaban J connectivity index is 0.00000324. The standard InChI is InChI=1S/C25H29FN4O3.CH4/c1-16(28-15-25(2,3)24(32)33)23(31)29-11-9-19-20-8-5-10-27-22(20)30(21(19)14-29)13-17-6-4-7-18(26)12-17;/h4-8,10,12,16,28H,9,11,13-15H2,1-3H3,(H,32,33);1H4. The van der Waals surface area contributed by atoms with E-state index in [0.717, 1.165) is 22.3 Å². The molecule has 0 radical (unpaired) electrons. The van der Waals surface area contributed by atoms with Crippen LogP contribution in [-0.2, 0) is 29.1 Å². The lowest BCUT2D eigenvalue weighted by molar-refractivity contribution is -0.147. The predicted molar refractivity (Wildman–Crippen MR) is 130 cm³/mol. The van der Waals surface area contributed by atoms with Crippen molar-refractivity contribution in [2.24, 2.45) is 5.41 Å². The molecule has 0 fully saturated rings. The maximum atomic E-state index is 13.8. The molecular formula is C26H33FN4O3. The lowest BCUT2D eigenvalue weighted by Crippen LogP contribution is -2.49. The number of carboxylic acid groups (broad SMARTS) is 1. The Morgan fingerprint density at radius 2 is 2.03 bits per heavy atom. The van der Waals surface area contributed by atoms with E-state index < -0.39 is 17.4 Å². The van der Waals surface area contributed by atoms with Crippen molar-refractivity contribution >= 4 is 22.9 Å². The first-order valence-corrected chi connectivity index (χ1v) is 11.1. The highest BCUT2D eigenvalue weighted by Gasteiger charge is 2.32. The number of carboxylic acids is 1. The van der Waals surface area contributed by atoms with Crippen LogP contribution in [0.2, 0.25) is 0 Å². The number of carbonyl (C=O) groups excluding carboxylic acids is 1. The summed E-state index contributed by atoms with van der Waals surface area (Å²) in [6.45, 7) is 6.68. The van der Waals surface area contributed by atoms with Gasteiger partial charge in [0.25, 0.3) is 0 Å². The summed E-state index contributed by atoms with van der Waals surface area (Å²) in [7, 11) is 0. The molecule has 34 heavy (non-hydrogen) atoms. The van der Waals surface area contributed by atoms with E-state index >= 15 is 0 Å². The van der Waals surface area contributed by atoms with E-state index in [1.807, 2.05) is 18.2 Å². The van der Waals surface area contributed by atoms with Gasteiger partial charge < -0.3 is 19.9 Å². The molecule has 1 aliphatic heterocycles. The molecule has 0 saturated carbocycles. The van der Waals surface area contributed by atoms with Crippen LogP contribution < -0.4 is 5.32 Å². The quantitative estimate of drug-likeness (QED) is 0.550. The van der Waals surface area contributed by atoms with E-state index in [0.29, 0.717) is 26.1 Å². The Labute approximate surface area is 199 Å². The maximum absolute atomic E-state index is 13.8. The highest BCUT2D eigenvalue weighted by atomic mass is 19.1. The van der Waals surface area contributed by atoms with Gasteiger partial charge in [-0.05, 0) is 62.6 Å². The molecule has 8 heteroatoms. The number of halogens is 1. The van der Waals surface area contributed by atoms with Crippen LogP contribution in [0.1, 0.15) is 45.0 Å². The topological polar surface area (TPSA) is 87.5 Å². The minimum atomic E-state index is -0.966. The molecule has 1 atom stereocenters. The summed E-state index contributed by atoms with van der Waals surface area (Å²) in [4.78, 5) is 30.9. The molecule has 1 amide bonds. The van der Waals surface area contributed by atoms with Crippen molar-refractivity contribution in [2.75, 3.05) is 13.1 Å². The molecule has 1 aromatic carbocycles. The van der Waals surface area contributed by atoms with Gasteiger partial charge in [-0.2, -0.15) is 0 Å². The lowest BCUT2D eigenvalue weighted by atomic mass is 9.93. The van der Waals surface area contributed by atoms with Gasteiger partial charge in [0.1, 0.15) is 11.5 Å². The number of nitrogens with one attached hydrogen (secondary N) is 1. The molecule has 2 N–H and O–H groups in total. The summed E-state index contributed by atoms with van der Waals surface area (Å²) in [5.74, 6) is -1.27. The highest BCUT2D eigenvalue weighted by Crippen LogP contribution is 2.31. The van der Waals surface area contributed by atoms with E-state index in [2.05, 4.69) is 14.9 Å². The van der Waals surface area contributed by atoms with Crippen LogP contribution in [0.3, 0.4) is 0 Å². The van der Waals surface area contributed by atoms with Gasteiger partial charge in [0.05, 0.1) is 18.0 Å². The zero-order chi connectivity index (χ0) is 23.8. The maximum Gasteiger partial charge on any atom is 0.310 e. The number of carbonyl (C=O) groups is 2. The van der Waals surface area contributed by atoms with Gasteiger partial charge in [0, 0.05) is 36.9 Å². The number of fused-ring (bicyclic) bond motifs is 3. The molecular weight excluding hydrogens is 435 g/mol. The third-order valence-electron chi connectivity index (χ3n) is 6.35. The average molecular weight is 469 g/mol. The summed E-state index contributed by atoms with van der Waals surface area (Å²) in [5.41, 5.74) is 2.87. The lowest BCUT2D eigenvalue weighted by Gasteiger charge is -2.32. The minimum Gasteiger partial charge on any atom is -0.481 e. The Kier molecular flexibility index (Phi) is 7.41. The van der Waals surface area contributed by atoms with Crippen molar-refractivity contribution in [1.82, 2.24) is 19.8 Å². The zero-order valence-electron chi connectivity index (χ0n) is 19.1. The molecule has 2 aromatic heterocycles. The van der Waals surface area contributed by atoms with E-state index in [9.17, 15) is 19.1 Å². The first-order chi connectivity index (χ1) is 15.7. The number of rotatable bonds is 7. The number of aromatic nitrogens is 2. The average Bonchev–Trinajstić information content (AvgIpc) is 3.10. The molecule has 0 aliphatic carbocycles. The Morgan fingerprint density at radius 3 is 2.74 bits per heavy atom. The number of nitrogens with zero attached hydrogens (tertiary/aromatic N) is 3. The zero-order valence-corrected chi connectivity index (χ0v) is 19.1. The van der Waals surface area contributed by atoms with Crippen LogP contribution in [-0.4, -0.2) is 50.6 Å². The first kappa shape index (κ1) is 25.4. The highest BCUT2D eigenvalue weighted by molar-refractivity contribution is 5.85. The summed E-state index contributed by atoms with van der Waals surface area (Å²) >= 11 is 0. The van der Waals surface area contributed by atoms with Crippen molar-refractivity contribution in [1.29, 1.82) is 0 Å². The second kappa shape index (κ2) is 9.93. The SMILES string of the molecule is C.CC(NCC(C)(C)C(=O)O)C(=O)N1CCc2c(n(Cc3cccc(F)c3)c3ncccc23)C1. The van der Waals surface area contributed by atoms with Gasteiger partial charge in [-0.25, -0.2) is 9.37 Å². The third-order valence-corrected chi connectivity index (χ3v) is 6.35. The van der Waals surface area contributed by atoms with Crippen LogP contribution in [0.15, 0.2) is 42.6 Å². The monoisotopic (exact) mass is 468 g/mol. The second-order valence-corrected chi connectivity index (χ2v) is 9.32. The van der Waals surface area contributed by atoms with Gasteiger partial charge in [0.2, 0.25) is 5.91 Å². The van der Waals surface area contributed by atoms with Crippen LogP contribution in [0.4, 0.5) is 4.39 Å². The predicted octanol–water partition coefficient (Wildman–Crippen LogP) is 3.83. The number of hydrogen-bond acceptors (Lipinski definition) is 4. The van der Waals surface area contributed by atoms with Crippen molar-refractivity contribution in [3.63, 3.8) is 0 Å². The fourth-order valence-corrected chi connectivity index (χ4v) is 4.28. The Bertz CT molecular complexity index is 1200. The van der Waals surface area contributed by atoms with Gasteiger partial charge in [0.15, 0.2) is 0 Å². The van der Waals surface area contributed by atoms with Crippen LogP contribution in [0.5, 0.6) is 0 Å². The van der Waals surface area contributed by atoms with Crippen LogP contribution >= 0.6 is 0 Å². The Morgan fingerprint density at radius 1 is 1.26 bits per heavy atom.